The maximum Gasteiger partial charge on any atom is 0.262 e. The number of carbonyl (C=O) groups is 1. The number of halogens is 2. The van der Waals surface area contributed by atoms with Crippen molar-refractivity contribution in [2.24, 2.45) is 0 Å². The van der Waals surface area contributed by atoms with E-state index in [2.05, 4.69) is 10.2 Å². The number of anilines is 1. The molecule has 1 saturated heterocycles. The van der Waals surface area contributed by atoms with Crippen LogP contribution in [-0.2, 0) is 4.79 Å². The first kappa shape index (κ1) is 19.9. The predicted octanol–water partition coefficient (Wildman–Crippen LogP) is 5.17. The van der Waals surface area contributed by atoms with Gasteiger partial charge in [0.25, 0.3) is 5.91 Å². The molecule has 0 saturated carbocycles. The molecule has 0 aromatic heterocycles. The zero-order chi connectivity index (χ0) is 19.2. The predicted molar refractivity (Wildman–Crippen MR) is 114 cm³/mol. The Morgan fingerprint density at radius 3 is 2.44 bits per heavy atom. The normalized spacial score (nSPS) is 13.9. The number of carbonyl (C=O) groups excluding carboxylic acids is 1. The summed E-state index contributed by atoms with van der Waals surface area (Å²) in [5.41, 5.74) is 1.49. The minimum atomic E-state index is -0.299. The van der Waals surface area contributed by atoms with Crippen molar-refractivity contribution < 1.29 is 9.53 Å². The first-order chi connectivity index (χ1) is 13.0. The van der Waals surface area contributed by atoms with Gasteiger partial charge in [-0.25, -0.2) is 0 Å². The van der Waals surface area contributed by atoms with Crippen LogP contribution in [0.25, 0.3) is 0 Å². The van der Waals surface area contributed by atoms with Gasteiger partial charge in [0.15, 0.2) is 6.61 Å². The standard InChI is InChI=1S/C20H20Cl2N2O2S/c21-15-6-9-18(17(22)12-15)23-19(25)13-26-16-7-4-14(5-8-16)20(27)24-10-2-1-3-11-24/h4-9,12H,1-3,10-11,13H2,(H,23,25). The number of nitrogens with zero attached hydrogens (tertiary/aromatic N) is 1. The Kier molecular flexibility index (Phi) is 6.94. The third-order valence-corrected chi connectivity index (χ3v) is 5.36. The summed E-state index contributed by atoms with van der Waals surface area (Å²) < 4.78 is 5.55. The smallest absolute Gasteiger partial charge is 0.262 e. The summed E-state index contributed by atoms with van der Waals surface area (Å²) in [5.74, 6) is 0.310. The summed E-state index contributed by atoms with van der Waals surface area (Å²) in [6.45, 7) is 1.92. The fourth-order valence-electron chi connectivity index (χ4n) is 2.90. The lowest BCUT2D eigenvalue weighted by molar-refractivity contribution is -0.118. The Hall–Kier alpha value is -1.82. The van der Waals surface area contributed by atoms with Gasteiger partial charge in [-0.2, -0.15) is 0 Å². The van der Waals surface area contributed by atoms with Crippen LogP contribution in [0.1, 0.15) is 24.8 Å². The van der Waals surface area contributed by atoms with Crippen molar-refractivity contribution in [1.82, 2.24) is 4.90 Å². The van der Waals surface area contributed by atoms with E-state index < -0.39 is 0 Å². The van der Waals surface area contributed by atoms with Crippen molar-refractivity contribution in [3.63, 3.8) is 0 Å². The number of amides is 1. The first-order valence-electron chi connectivity index (χ1n) is 8.80. The van der Waals surface area contributed by atoms with Crippen molar-refractivity contribution >= 4 is 52.0 Å². The van der Waals surface area contributed by atoms with E-state index in [4.69, 9.17) is 40.2 Å². The van der Waals surface area contributed by atoms with Crippen molar-refractivity contribution in [3.8, 4) is 5.75 Å². The van der Waals surface area contributed by atoms with Gasteiger partial charge in [-0.3, -0.25) is 4.79 Å². The summed E-state index contributed by atoms with van der Waals surface area (Å²) in [6, 6.07) is 12.4. The van der Waals surface area contributed by atoms with Crippen LogP contribution < -0.4 is 10.1 Å². The quantitative estimate of drug-likeness (QED) is 0.674. The van der Waals surface area contributed by atoms with E-state index in [0.717, 1.165) is 23.6 Å². The minimum absolute atomic E-state index is 0.116. The highest BCUT2D eigenvalue weighted by atomic mass is 35.5. The van der Waals surface area contributed by atoms with Gasteiger partial charge in [-0.15, -0.1) is 0 Å². The highest BCUT2D eigenvalue weighted by molar-refractivity contribution is 7.80. The summed E-state index contributed by atoms with van der Waals surface area (Å²) in [7, 11) is 0. The van der Waals surface area contributed by atoms with Crippen molar-refractivity contribution in [2.45, 2.75) is 19.3 Å². The number of piperidine rings is 1. The molecule has 7 heteroatoms. The van der Waals surface area contributed by atoms with Gasteiger partial charge in [0.05, 0.1) is 10.7 Å². The maximum atomic E-state index is 12.0. The lowest BCUT2D eigenvalue weighted by Gasteiger charge is -2.29. The van der Waals surface area contributed by atoms with E-state index >= 15 is 0 Å². The summed E-state index contributed by atoms with van der Waals surface area (Å²) in [5, 5.41) is 3.59. The fourth-order valence-corrected chi connectivity index (χ4v) is 3.67. The zero-order valence-electron chi connectivity index (χ0n) is 14.7. The van der Waals surface area contributed by atoms with Gasteiger partial charge in [-0.05, 0) is 61.7 Å². The number of ether oxygens (including phenoxy) is 1. The molecule has 1 aliphatic heterocycles. The fraction of sp³-hybridized carbons (Fsp3) is 0.300. The zero-order valence-corrected chi connectivity index (χ0v) is 17.0. The number of likely N-dealkylation sites (tertiary alicyclic amines) is 1. The molecule has 0 unspecified atom stereocenters. The Balaban J connectivity index is 1.52. The summed E-state index contributed by atoms with van der Waals surface area (Å²) in [6.07, 6.45) is 3.65. The lowest BCUT2D eigenvalue weighted by Crippen LogP contribution is -2.34. The molecule has 1 fully saturated rings. The maximum absolute atomic E-state index is 12.0. The molecule has 0 radical (unpaired) electrons. The van der Waals surface area contributed by atoms with E-state index in [1.54, 1.807) is 18.2 Å². The average molecular weight is 423 g/mol. The van der Waals surface area contributed by atoms with Crippen molar-refractivity contribution in [1.29, 1.82) is 0 Å². The van der Waals surface area contributed by atoms with E-state index in [1.165, 1.54) is 19.3 Å². The molecule has 1 aliphatic rings. The molecule has 0 bridgehead atoms. The Morgan fingerprint density at radius 2 is 1.78 bits per heavy atom. The van der Waals surface area contributed by atoms with Crippen LogP contribution in [-0.4, -0.2) is 35.5 Å². The third-order valence-electron chi connectivity index (χ3n) is 4.32. The second-order valence-electron chi connectivity index (χ2n) is 6.34. The molecule has 0 spiro atoms. The van der Waals surface area contributed by atoms with E-state index in [0.29, 0.717) is 21.5 Å². The Morgan fingerprint density at radius 1 is 1.07 bits per heavy atom. The van der Waals surface area contributed by atoms with Gasteiger partial charge in [0, 0.05) is 23.7 Å². The molecule has 1 N–H and O–H groups in total. The molecular formula is C20H20Cl2N2O2S. The van der Waals surface area contributed by atoms with E-state index in [1.807, 2.05) is 24.3 Å². The SMILES string of the molecule is O=C(COc1ccc(C(=S)N2CCCCC2)cc1)Nc1ccc(Cl)cc1Cl. The number of thiocarbonyl (C=S) groups is 1. The van der Waals surface area contributed by atoms with E-state index in [9.17, 15) is 4.79 Å². The van der Waals surface area contributed by atoms with Crippen LogP contribution in [0.4, 0.5) is 5.69 Å². The molecule has 1 amide bonds. The molecule has 4 nitrogen and oxygen atoms in total. The molecule has 2 aromatic rings. The molecule has 142 valence electrons. The van der Waals surface area contributed by atoms with Gasteiger partial charge in [0.1, 0.15) is 10.7 Å². The number of benzene rings is 2. The second kappa shape index (κ2) is 9.40. The molecule has 0 atom stereocenters. The van der Waals surface area contributed by atoms with Crippen molar-refractivity contribution in [3.05, 3.63) is 58.1 Å². The van der Waals surface area contributed by atoms with Crippen LogP contribution in [0.5, 0.6) is 5.75 Å². The summed E-state index contributed by atoms with van der Waals surface area (Å²) >= 11 is 17.5. The van der Waals surface area contributed by atoms with Crippen molar-refractivity contribution in [2.75, 3.05) is 25.0 Å². The minimum Gasteiger partial charge on any atom is -0.484 e. The van der Waals surface area contributed by atoms with Crippen LogP contribution in [0, 0.1) is 0 Å². The van der Waals surface area contributed by atoms with Crippen LogP contribution in [0.3, 0.4) is 0 Å². The third kappa shape index (κ3) is 5.58. The summed E-state index contributed by atoms with van der Waals surface area (Å²) in [4.78, 5) is 15.2. The monoisotopic (exact) mass is 422 g/mol. The number of nitrogens with one attached hydrogen (secondary N) is 1. The molecular weight excluding hydrogens is 403 g/mol. The number of hydrogen-bond acceptors (Lipinski definition) is 3. The molecule has 3 rings (SSSR count). The lowest BCUT2D eigenvalue weighted by atomic mass is 10.1. The van der Waals surface area contributed by atoms with Crippen LogP contribution >= 0.6 is 35.4 Å². The van der Waals surface area contributed by atoms with Gasteiger partial charge < -0.3 is 15.0 Å². The average Bonchev–Trinajstić information content (AvgIpc) is 2.69. The highest BCUT2D eigenvalue weighted by Crippen LogP contribution is 2.25. The number of hydrogen-bond donors (Lipinski definition) is 1. The Labute approximate surface area is 174 Å². The molecule has 27 heavy (non-hydrogen) atoms. The van der Waals surface area contributed by atoms with Gasteiger partial charge in [-0.1, -0.05) is 35.4 Å². The first-order valence-corrected chi connectivity index (χ1v) is 9.96. The largest absolute Gasteiger partial charge is 0.484 e. The Bertz CT molecular complexity index is 821. The number of rotatable bonds is 5. The topological polar surface area (TPSA) is 41.6 Å². The van der Waals surface area contributed by atoms with Crippen LogP contribution in [0.15, 0.2) is 42.5 Å². The van der Waals surface area contributed by atoms with Gasteiger partial charge in [0.2, 0.25) is 0 Å². The highest BCUT2D eigenvalue weighted by Gasteiger charge is 2.15. The van der Waals surface area contributed by atoms with Gasteiger partial charge >= 0.3 is 0 Å². The molecule has 1 heterocycles. The molecule has 0 aliphatic carbocycles. The van der Waals surface area contributed by atoms with Crippen LogP contribution in [0.2, 0.25) is 10.0 Å². The van der Waals surface area contributed by atoms with E-state index in [-0.39, 0.29) is 12.5 Å². The molecule has 2 aromatic carbocycles. The second-order valence-corrected chi connectivity index (χ2v) is 7.57.